The van der Waals surface area contributed by atoms with Gasteiger partial charge in [0.15, 0.2) is 5.11 Å². The van der Waals surface area contributed by atoms with Gasteiger partial charge in [0.2, 0.25) is 0 Å². The molecule has 2 heterocycles. The molecular weight excluding hydrogens is 484 g/mol. The van der Waals surface area contributed by atoms with Gasteiger partial charge in [0.1, 0.15) is 30.4 Å². The van der Waals surface area contributed by atoms with Gasteiger partial charge < -0.3 is 30.0 Å². The molecule has 11 heteroatoms. The van der Waals surface area contributed by atoms with Gasteiger partial charge in [-0.3, -0.25) is 14.3 Å². The lowest BCUT2D eigenvalue weighted by molar-refractivity contribution is -0.0172. The molecule has 190 valence electrons. The predicted molar refractivity (Wildman–Crippen MR) is 139 cm³/mol. The summed E-state index contributed by atoms with van der Waals surface area (Å²) in [4.78, 5) is 25.9. The maximum atomic E-state index is 12.1. The first-order valence-electron chi connectivity index (χ1n) is 11.4. The monoisotopic (exact) mass is 512 g/mol. The summed E-state index contributed by atoms with van der Waals surface area (Å²) in [5.41, 5.74) is 1.16. The Kier molecular flexibility index (Phi) is 8.04. The summed E-state index contributed by atoms with van der Waals surface area (Å²) in [5, 5.41) is 16.9. The van der Waals surface area contributed by atoms with E-state index >= 15 is 0 Å². The standard InChI is InChI=1S/C25H28N4O6S/c1-15-13-29(25(32)28-23(15)31)22-11-20(30)21(35-22)12-26-24(36)27-17-5-9-19(10-6-17)34-14-16-3-7-18(33-2)8-4-16/h3-10,13,20-22,30H,11-12,14H2,1-2H3,(H2,26,27,36)(H,28,31,32)/t20-,21+,22+/m0/s1. The van der Waals surface area contributed by atoms with Crippen molar-refractivity contribution >= 4 is 23.0 Å². The van der Waals surface area contributed by atoms with Gasteiger partial charge in [-0.2, -0.15) is 0 Å². The van der Waals surface area contributed by atoms with Crippen LogP contribution in [0.4, 0.5) is 5.69 Å². The third-order valence-corrected chi connectivity index (χ3v) is 6.05. The van der Waals surface area contributed by atoms with Crippen LogP contribution in [-0.2, 0) is 11.3 Å². The highest BCUT2D eigenvalue weighted by Gasteiger charge is 2.35. The average molecular weight is 513 g/mol. The molecule has 0 unspecified atom stereocenters. The number of rotatable bonds is 8. The first kappa shape index (κ1) is 25.4. The van der Waals surface area contributed by atoms with E-state index in [4.69, 9.17) is 26.4 Å². The fraction of sp³-hybridized carbons (Fsp3) is 0.320. The molecule has 10 nitrogen and oxygen atoms in total. The normalized spacial score (nSPS) is 19.0. The Hall–Kier alpha value is -3.67. The van der Waals surface area contributed by atoms with Crippen molar-refractivity contribution in [3.8, 4) is 11.5 Å². The molecule has 1 fully saturated rings. The number of aryl methyl sites for hydroxylation is 1. The van der Waals surface area contributed by atoms with Gasteiger partial charge in [-0.05, 0) is 61.1 Å². The second kappa shape index (κ2) is 11.4. The van der Waals surface area contributed by atoms with E-state index < -0.39 is 29.7 Å². The van der Waals surface area contributed by atoms with E-state index in [2.05, 4.69) is 15.6 Å². The smallest absolute Gasteiger partial charge is 0.330 e. The molecular formula is C25H28N4O6S. The molecule has 2 aromatic carbocycles. The summed E-state index contributed by atoms with van der Waals surface area (Å²) in [6.45, 7) is 2.28. The van der Waals surface area contributed by atoms with Crippen LogP contribution in [0, 0.1) is 6.92 Å². The number of aliphatic hydroxyl groups is 1. The SMILES string of the molecule is COc1ccc(COc2ccc(NC(=S)NC[C@H]3O[C@@H](n4cc(C)c(=O)[nH]c4=O)C[C@@H]3O)cc2)cc1. The van der Waals surface area contributed by atoms with E-state index in [9.17, 15) is 14.7 Å². The zero-order chi connectivity index (χ0) is 25.7. The molecule has 0 spiro atoms. The Labute approximate surface area is 212 Å². The van der Waals surface area contributed by atoms with Crippen LogP contribution in [0.25, 0.3) is 0 Å². The Bertz CT molecular complexity index is 1310. The van der Waals surface area contributed by atoms with E-state index in [1.165, 1.54) is 10.8 Å². The number of aliphatic hydroxyl groups excluding tert-OH is 1. The summed E-state index contributed by atoms with van der Waals surface area (Å²) in [7, 11) is 1.63. The third kappa shape index (κ3) is 6.30. The fourth-order valence-electron chi connectivity index (χ4n) is 3.76. The van der Waals surface area contributed by atoms with E-state index in [0.29, 0.717) is 17.3 Å². The Balaban J connectivity index is 1.24. The minimum Gasteiger partial charge on any atom is -0.497 e. The molecule has 1 aliphatic rings. The molecule has 4 N–H and O–H groups in total. The Morgan fingerprint density at radius 1 is 1.17 bits per heavy atom. The largest absolute Gasteiger partial charge is 0.497 e. The van der Waals surface area contributed by atoms with Crippen LogP contribution in [0.15, 0.2) is 64.3 Å². The summed E-state index contributed by atoms with van der Waals surface area (Å²) >= 11 is 5.36. The summed E-state index contributed by atoms with van der Waals surface area (Å²) in [6, 6.07) is 15.1. The number of nitrogens with one attached hydrogen (secondary N) is 3. The van der Waals surface area contributed by atoms with Crippen LogP contribution in [0.1, 0.15) is 23.8 Å². The number of nitrogens with zero attached hydrogens (tertiary/aromatic N) is 1. The molecule has 1 saturated heterocycles. The van der Waals surface area contributed by atoms with Crippen molar-refractivity contribution < 1.29 is 19.3 Å². The van der Waals surface area contributed by atoms with Crippen molar-refractivity contribution in [3.63, 3.8) is 0 Å². The molecule has 0 saturated carbocycles. The van der Waals surface area contributed by atoms with Crippen LogP contribution in [0.3, 0.4) is 0 Å². The van der Waals surface area contributed by atoms with Crippen LogP contribution in [0.5, 0.6) is 11.5 Å². The average Bonchev–Trinajstić information content (AvgIpc) is 3.25. The molecule has 4 rings (SSSR count). The second-order valence-corrected chi connectivity index (χ2v) is 8.82. The summed E-state index contributed by atoms with van der Waals surface area (Å²) in [6.07, 6.45) is -0.406. The van der Waals surface area contributed by atoms with Gasteiger partial charge in [-0.15, -0.1) is 0 Å². The number of hydrogen-bond donors (Lipinski definition) is 4. The highest BCUT2D eigenvalue weighted by molar-refractivity contribution is 7.80. The number of H-pyrrole nitrogens is 1. The Morgan fingerprint density at radius 2 is 1.86 bits per heavy atom. The molecule has 0 amide bonds. The first-order valence-corrected chi connectivity index (χ1v) is 11.8. The molecule has 36 heavy (non-hydrogen) atoms. The number of hydrogen-bond acceptors (Lipinski definition) is 7. The summed E-state index contributed by atoms with van der Waals surface area (Å²) < 4.78 is 18.1. The van der Waals surface area contributed by atoms with Crippen molar-refractivity contribution in [2.45, 2.75) is 38.4 Å². The molecule has 3 aromatic rings. The fourth-order valence-corrected chi connectivity index (χ4v) is 3.96. The third-order valence-electron chi connectivity index (χ3n) is 5.80. The highest BCUT2D eigenvalue weighted by Crippen LogP contribution is 2.27. The number of aromatic amines is 1. The van der Waals surface area contributed by atoms with Crippen molar-refractivity contribution in [1.29, 1.82) is 0 Å². The first-order chi connectivity index (χ1) is 17.3. The van der Waals surface area contributed by atoms with Gasteiger partial charge in [0.25, 0.3) is 5.56 Å². The van der Waals surface area contributed by atoms with E-state index in [1.807, 2.05) is 48.5 Å². The molecule has 3 atom stereocenters. The number of methoxy groups -OCH3 is 1. The number of thiocarbonyl (C=S) groups is 1. The number of benzene rings is 2. The van der Waals surface area contributed by atoms with Crippen molar-refractivity contribution in [3.05, 3.63) is 86.7 Å². The van der Waals surface area contributed by atoms with Gasteiger partial charge >= 0.3 is 5.69 Å². The minimum atomic E-state index is -0.799. The van der Waals surface area contributed by atoms with E-state index in [0.717, 1.165) is 22.7 Å². The van der Waals surface area contributed by atoms with Crippen LogP contribution in [-0.4, -0.2) is 45.6 Å². The molecule has 0 bridgehead atoms. The molecule has 1 aliphatic heterocycles. The lowest BCUT2D eigenvalue weighted by atomic mass is 10.2. The van der Waals surface area contributed by atoms with E-state index in [1.54, 1.807) is 14.0 Å². The van der Waals surface area contributed by atoms with Crippen LogP contribution >= 0.6 is 12.2 Å². The Morgan fingerprint density at radius 3 is 2.56 bits per heavy atom. The molecule has 1 aromatic heterocycles. The number of aromatic nitrogens is 2. The van der Waals surface area contributed by atoms with Gasteiger partial charge in [-0.1, -0.05) is 12.1 Å². The lowest BCUT2D eigenvalue weighted by Gasteiger charge is -2.18. The zero-order valence-electron chi connectivity index (χ0n) is 19.9. The van der Waals surface area contributed by atoms with Crippen LogP contribution in [0.2, 0.25) is 0 Å². The van der Waals surface area contributed by atoms with Crippen LogP contribution < -0.4 is 31.4 Å². The van der Waals surface area contributed by atoms with E-state index in [-0.39, 0.29) is 13.0 Å². The van der Waals surface area contributed by atoms with Gasteiger partial charge in [0, 0.05) is 30.4 Å². The number of ether oxygens (including phenoxy) is 3. The molecule has 0 radical (unpaired) electrons. The maximum Gasteiger partial charge on any atom is 0.330 e. The maximum absolute atomic E-state index is 12.1. The highest BCUT2D eigenvalue weighted by atomic mass is 32.1. The quantitative estimate of drug-likeness (QED) is 0.336. The van der Waals surface area contributed by atoms with Crippen molar-refractivity contribution in [2.24, 2.45) is 0 Å². The molecule has 0 aliphatic carbocycles. The summed E-state index contributed by atoms with van der Waals surface area (Å²) in [5.74, 6) is 1.52. The zero-order valence-corrected chi connectivity index (χ0v) is 20.7. The minimum absolute atomic E-state index is 0.218. The lowest BCUT2D eigenvalue weighted by Crippen LogP contribution is -2.39. The van der Waals surface area contributed by atoms with Crippen molar-refractivity contribution in [1.82, 2.24) is 14.9 Å². The number of anilines is 1. The second-order valence-electron chi connectivity index (χ2n) is 8.41. The topological polar surface area (TPSA) is 127 Å². The van der Waals surface area contributed by atoms with Gasteiger partial charge in [-0.25, -0.2) is 4.79 Å². The van der Waals surface area contributed by atoms with Crippen molar-refractivity contribution in [2.75, 3.05) is 19.0 Å². The van der Waals surface area contributed by atoms with Gasteiger partial charge in [0.05, 0.1) is 13.2 Å². The predicted octanol–water partition coefficient (Wildman–Crippen LogP) is 2.07.